The van der Waals surface area contributed by atoms with Crippen molar-refractivity contribution in [2.45, 2.75) is 59.3 Å². The quantitative estimate of drug-likeness (QED) is 0.361. The fraction of sp³-hybridized carbons (Fsp3) is 0.500. The zero-order valence-corrected chi connectivity index (χ0v) is 15.4. The maximum absolute atomic E-state index is 11.3. The molecule has 0 unspecified atom stereocenters. The van der Waals surface area contributed by atoms with Gasteiger partial charge in [-0.05, 0) is 59.3 Å². The van der Waals surface area contributed by atoms with Gasteiger partial charge in [0.1, 0.15) is 0 Å². The van der Waals surface area contributed by atoms with Crippen LogP contribution in [0.2, 0.25) is 0 Å². The molecule has 0 fully saturated rings. The molecular weight excluding hydrogens is 320 g/mol. The molecule has 0 aromatic heterocycles. The summed E-state index contributed by atoms with van der Waals surface area (Å²) in [5.41, 5.74) is 3.24. The summed E-state index contributed by atoms with van der Waals surface area (Å²) in [6.45, 7) is 5.71. The molecule has 0 saturated carbocycles. The summed E-state index contributed by atoms with van der Waals surface area (Å²) in [6, 6.07) is 0. The van der Waals surface area contributed by atoms with Gasteiger partial charge in [-0.15, -0.1) is 0 Å². The predicted molar refractivity (Wildman–Crippen MR) is 99.4 cm³/mol. The molecule has 0 rings (SSSR count). The summed E-state index contributed by atoms with van der Waals surface area (Å²) in [5.74, 6) is -1.91. The molecule has 140 valence electrons. The second-order valence-electron chi connectivity index (χ2n) is 6.24. The van der Waals surface area contributed by atoms with E-state index in [9.17, 15) is 14.7 Å². The fourth-order valence-corrected chi connectivity index (χ4v) is 2.24. The first kappa shape index (κ1) is 22.9. The van der Waals surface area contributed by atoms with Gasteiger partial charge in [-0.2, -0.15) is 0 Å². The van der Waals surface area contributed by atoms with Crippen LogP contribution in [0.1, 0.15) is 59.3 Å². The van der Waals surface area contributed by atoms with Gasteiger partial charge in [0.15, 0.2) is 0 Å². The zero-order chi connectivity index (χ0) is 19.2. The largest absolute Gasteiger partial charge is 0.478 e. The van der Waals surface area contributed by atoms with Gasteiger partial charge in [0.2, 0.25) is 0 Å². The van der Waals surface area contributed by atoms with Crippen molar-refractivity contribution < 1.29 is 24.9 Å². The van der Waals surface area contributed by atoms with E-state index in [4.69, 9.17) is 10.2 Å². The van der Waals surface area contributed by atoms with Crippen molar-refractivity contribution in [2.75, 3.05) is 6.61 Å². The van der Waals surface area contributed by atoms with E-state index in [1.807, 2.05) is 19.9 Å². The van der Waals surface area contributed by atoms with Gasteiger partial charge in [0.05, 0.1) is 6.61 Å². The molecule has 0 radical (unpaired) electrons. The third-order valence-corrected chi connectivity index (χ3v) is 3.76. The number of rotatable bonds is 12. The van der Waals surface area contributed by atoms with E-state index in [1.165, 1.54) is 5.57 Å². The summed E-state index contributed by atoms with van der Waals surface area (Å²) in [7, 11) is 0. The highest BCUT2D eigenvalue weighted by atomic mass is 16.4. The minimum atomic E-state index is -0.982. The van der Waals surface area contributed by atoms with Crippen molar-refractivity contribution in [1.29, 1.82) is 0 Å². The maximum Gasteiger partial charge on any atom is 0.331 e. The first-order chi connectivity index (χ1) is 11.8. The Hall–Kier alpha value is -2.14. The average molecular weight is 350 g/mol. The lowest BCUT2D eigenvalue weighted by molar-refractivity contribution is -0.133. The Labute approximate surface area is 150 Å². The molecular formula is C20H30O5. The maximum atomic E-state index is 11.3. The molecule has 0 bridgehead atoms. The second kappa shape index (κ2) is 13.2. The Balaban J connectivity index is 4.44. The SMILES string of the molecule is C/C(=C/CC/C(=C\CC/C(C)=C\C(=O)O)C(=O)O)CC/C=C(\C)CO. The molecule has 0 aromatic rings. The molecule has 0 aliphatic rings. The Morgan fingerprint density at radius 1 is 0.760 bits per heavy atom. The van der Waals surface area contributed by atoms with Gasteiger partial charge in [-0.25, -0.2) is 9.59 Å². The van der Waals surface area contributed by atoms with Gasteiger partial charge in [0, 0.05) is 11.6 Å². The predicted octanol–water partition coefficient (Wildman–Crippen LogP) is 4.25. The van der Waals surface area contributed by atoms with Crippen molar-refractivity contribution in [3.05, 3.63) is 46.6 Å². The summed E-state index contributed by atoms with van der Waals surface area (Å²) >= 11 is 0. The van der Waals surface area contributed by atoms with Crippen molar-refractivity contribution >= 4 is 11.9 Å². The van der Waals surface area contributed by atoms with Crippen LogP contribution in [0, 0.1) is 0 Å². The third-order valence-electron chi connectivity index (χ3n) is 3.76. The first-order valence-electron chi connectivity index (χ1n) is 8.50. The standard InChI is InChI=1S/C20H30O5/c1-15(7-4-10-17(3)14-21)8-5-11-18(20(24)25)12-6-9-16(2)13-19(22)23/h8,10,12-13,21H,4-7,9,11,14H2,1-3H3,(H,22,23)(H,24,25)/b15-8-,16-13-,17-10+,18-12+. The molecule has 0 atom stereocenters. The fourth-order valence-electron chi connectivity index (χ4n) is 2.24. The van der Waals surface area contributed by atoms with Gasteiger partial charge in [0.25, 0.3) is 0 Å². The van der Waals surface area contributed by atoms with E-state index in [0.29, 0.717) is 31.3 Å². The van der Waals surface area contributed by atoms with Crippen molar-refractivity contribution in [3.8, 4) is 0 Å². The lowest BCUT2D eigenvalue weighted by atomic mass is 10.0. The molecule has 25 heavy (non-hydrogen) atoms. The van der Waals surface area contributed by atoms with Gasteiger partial charge in [-0.1, -0.05) is 34.9 Å². The number of aliphatic carboxylic acids is 2. The van der Waals surface area contributed by atoms with E-state index in [0.717, 1.165) is 30.1 Å². The normalized spacial score (nSPS) is 13.9. The van der Waals surface area contributed by atoms with Crippen LogP contribution in [-0.2, 0) is 9.59 Å². The molecule has 5 nitrogen and oxygen atoms in total. The Bertz CT molecular complexity index is 565. The monoisotopic (exact) mass is 350 g/mol. The number of hydrogen-bond donors (Lipinski definition) is 3. The average Bonchev–Trinajstić information content (AvgIpc) is 2.52. The molecule has 0 spiro atoms. The van der Waals surface area contributed by atoms with Crippen LogP contribution < -0.4 is 0 Å². The van der Waals surface area contributed by atoms with Crippen molar-refractivity contribution in [2.24, 2.45) is 0 Å². The molecule has 0 amide bonds. The van der Waals surface area contributed by atoms with Gasteiger partial charge in [-0.3, -0.25) is 0 Å². The summed E-state index contributed by atoms with van der Waals surface area (Å²) in [6.07, 6.45) is 10.8. The van der Waals surface area contributed by atoms with Gasteiger partial charge >= 0.3 is 11.9 Å². The molecule has 0 aliphatic carbocycles. The molecule has 3 N–H and O–H groups in total. The molecule has 5 heteroatoms. The van der Waals surface area contributed by atoms with E-state index in [2.05, 4.69) is 6.08 Å². The zero-order valence-electron chi connectivity index (χ0n) is 15.4. The van der Waals surface area contributed by atoms with Gasteiger partial charge < -0.3 is 15.3 Å². The van der Waals surface area contributed by atoms with E-state index in [-0.39, 0.29) is 6.61 Å². The van der Waals surface area contributed by atoms with Crippen LogP contribution in [0.3, 0.4) is 0 Å². The topological polar surface area (TPSA) is 94.8 Å². The number of carboxylic acid groups (broad SMARTS) is 2. The highest BCUT2D eigenvalue weighted by Gasteiger charge is 2.06. The number of aliphatic hydroxyl groups is 1. The number of carbonyl (C=O) groups is 2. The summed E-state index contributed by atoms with van der Waals surface area (Å²) in [5, 5.41) is 26.8. The van der Waals surface area contributed by atoms with E-state index < -0.39 is 11.9 Å². The van der Waals surface area contributed by atoms with Crippen LogP contribution in [0.25, 0.3) is 0 Å². The second-order valence-corrected chi connectivity index (χ2v) is 6.24. The molecule has 0 heterocycles. The number of hydrogen-bond acceptors (Lipinski definition) is 3. The summed E-state index contributed by atoms with van der Waals surface area (Å²) in [4.78, 5) is 21.8. The minimum absolute atomic E-state index is 0.0800. The smallest absolute Gasteiger partial charge is 0.331 e. The Morgan fingerprint density at radius 3 is 1.84 bits per heavy atom. The van der Waals surface area contributed by atoms with Crippen LogP contribution >= 0.6 is 0 Å². The third kappa shape index (κ3) is 12.9. The van der Waals surface area contributed by atoms with E-state index >= 15 is 0 Å². The highest BCUT2D eigenvalue weighted by molar-refractivity contribution is 5.86. The highest BCUT2D eigenvalue weighted by Crippen LogP contribution is 2.14. The molecule has 0 saturated heterocycles. The number of carboxylic acids is 2. The Morgan fingerprint density at radius 2 is 1.28 bits per heavy atom. The molecule has 0 aliphatic heterocycles. The lowest BCUT2D eigenvalue weighted by Crippen LogP contribution is -2.00. The molecule has 0 aromatic carbocycles. The first-order valence-corrected chi connectivity index (χ1v) is 8.50. The van der Waals surface area contributed by atoms with Crippen molar-refractivity contribution in [3.63, 3.8) is 0 Å². The van der Waals surface area contributed by atoms with Crippen molar-refractivity contribution in [1.82, 2.24) is 0 Å². The summed E-state index contributed by atoms with van der Waals surface area (Å²) < 4.78 is 0. The van der Waals surface area contributed by atoms with Crippen LogP contribution in [0.5, 0.6) is 0 Å². The number of aliphatic hydroxyl groups excluding tert-OH is 1. The van der Waals surface area contributed by atoms with E-state index in [1.54, 1.807) is 13.0 Å². The Kier molecular flexibility index (Phi) is 12.1. The number of allylic oxidation sites excluding steroid dienone is 5. The van der Waals surface area contributed by atoms with Crippen LogP contribution in [-0.4, -0.2) is 33.9 Å². The van der Waals surface area contributed by atoms with Crippen LogP contribution in [0.4, 0.5) is 0 Å². The minimum Gasteiger partial charge on any atom is -0.478 e. The van der Waals surface area contributed by atoms with Crippen LogP contribution in [0.15, 0.2) is 46.6 Å². The lowest BCUT2D eigenvalue weighted by Gasteiger charge is -2.03.